The number of aromatic hydroxyl groups is 1. The molecule has 0 aromatic heterocycles. The fourth-order valence-corrected chi connectivity index (χ4v) is 1.71. The van der Waals surface area contributed by atoms with Gasteiger partial charge in [0, 0.05) is 6.07 Å². The number of halogens is 1. The predicted octanol–water partition coefficient (Wildman–Crippen LogP) is 3.22. The molecule has 0 spiro atoms. The Kier molecular flexibility index (Phi) is 3.37. The molecule has 0 atom stereocenters. The number of ether oxygens (including phenoxy) is 2. The van der Waals surface area contributed by atoms with Crippen molar-refractivity contribution in [2.45, 2.75) is 0 Å². The Balaban J connectivity index is 2.51. The summed E-state index contributed by atoms with van der Waals surface area (Å²) in [7, 11) is 2.93. The van der Waals surface area contributed by atoms with Crippen LogP contribution in [-0.4, -0.2) is 19.3 Å². The lowest BCUT2D eigenvalue weighted by Gasteiger charge is -2.08. The zero-order valence-electron chi connectivity index (χ0n) is 10.1. The molecule has 0 aliphatic rings. The molecule has 94 valence electrons. The summed E-state index contributed by atoms with van der Waals surface area (Å²) < 4.78 is 23.3. The van der Waals surface area contributed by atoms with Crippen LogP contribution in [0.5, 0.6) is 17.2 Å². The van der Waals surface area contributed by atoms with E-state index in [1.54, 1.807) is 24.3 Å². The van der Waals surface area contributed by atoms with Gasteiger partial charge in [-0.1, -0.05) is 6.07 Å². The van der Waals surface area contributed by atoms with Crippen molar-refractivity contribution in [1.82, 2.24) is 0 Å². The summed E-state index contributed by atoms with van der Waals surface area (Å²) in [6.07, 6.45) is 0. The maximum atomic E-state index is 13.3. The highest BCUT2D eigenvalue weighted by atomic mass is 19.1. The zero-order valence-corrected chi connectivity index (χ0v) is 10.1. The minimum atomic E-state index is -0.423. The van der Waals surface area contributed by atoms with E-state index in [2.05, 4.69) is 0 Å². The van der Waals surface area contributed by atoms with E-state index in [4.69, 9.17) is 9.47 Å². The molecule has 2 rings (SSSR count). The molecule has 18 heavy (non-hydrogen) atoms. The largest absolute Gasteiger partial charge is 0.508 e. The van der Waals surface area contributed by atoms with Crippen LogP contribution in [0.3, 0.4) is 0 Å². The summed E-state index contributed by atoms with van der Waals surface area (Å²) in [5.74, 6) is 0.365. The molecule has 0 radical (unpaired) electrons. The molecule has 0 heterocycles. The number of benzene rings is 2. The van der Waals surface area contributed by atoms with E-state index < -0.39 is 5.82 Å². The summed E-state index contributed by atoms with van der Waals surface area (Å²) in [5.41, 5.74) is 1.47. The van der Waals surface area contributed by atoms with Crippen LogP contribution >= 0.6 is 0 Å². The lowest BCUT2D eigenvalue weighted by Crippen LogP contribution is -1.89. The normalized spacial score (nSPS) is 10.2. The number of phenolic OH excluding ortho intramolecular Hbond substituents is 1. The first-order valence-electron chi connectivity index (χ1n) is 5.36. The van der Waals surface area contributed by atoms with Crippen LogP contribution in [0.25, 0.3) is 11.1 Å². The number of phenols is 1. The van der Waals surface area contributed by atoms with E-state index in [-0.39, 0.29) is 11.5 Å². The van der Waals surface area contributed by atoms with Gasteiger partial charge in [-0.15, -0.1) is 0 Å². The fourth-order valence-electron chi connectivity index (χ4n) is 1.71. The predicted molar refractivity (Wildman–Crippen MR) is 66.6 cm³/mol. The van der Waals surface area contributed by atoms with Gasteiger partial charge in [0.2, 0.25) is 0 Å². The fraction of sp³-hybridized carbons (Fsp3) is 0.143. The average Bonchev–Trinajstić information content (AvgIpc) is 2.38. The van der Waals surface area contributed by atoms with Crippen LogP contribution in [-0.2, 0) is 0 Å². The van der Waals surface area contributed by atoms with E-state index in [1.165, 1.54) is 26.4 Å². The molecule has 0 aliphatic carbocycles. The van der Waals surface area contributed by atoms with Gasteiger partial charge in [-0.3, -0.25) is 0 Å². The summed E-state index contributed by atoms with van der Waals surface area (Å²) in [4.78, 5) is 0. The van der Waals surface area contributed by atoms with Crippen molar-refractivity contribution in [2.75, 3.05) is 14.2 Å². The maximum Gasteiger partial charge on any atom is 0.165 e. The SMILES string of the molecule is COc1cc(O)cc(-c2ccc(F)c(OC)c2)c1. The number of methoxy groups -OCH3 is 2. The first-order valence-corrected chi connectivity index (χ1v) is 5.36. The molecule has 4 heteroatoms. The van der Waals surface area contributed by atoms with Crippen molar-refractivity contribution >= 4 is 0 Å². The molecule has 0 saturated carbocycles. The molecule has 3 nitrogen and oxygen atoms in total. The second kappa shape index (κ2) is 4.96. The second-order valence-electron chi connectivity index (χ2n) is 3.77. The highest BCUT2D eigenvalue weighted by Gasteiger charge is 2.07. The Morgan fingerprint density at radius 1 is 0.944 bits per heavy atom. The molecule has 0 saturated heterocycles. The van der Waals surface area contributed by atoms with Gasteiger partial charge >= 0.3 is 0 Å². The van der Waals surface area contributed by atoms with Gasteiger partial charge in [0.05, 0.1) is 14.2 Å². The number of rotatable bonds is 3. The molecular formula is C14H13FO3. The Labute approximate surface area is 104 Å². The minimum absolute atomic E-state index is 0.0904. The van der Waals surface area contributed by atoms with E-state index in [0.29, 0.717) is 5.75 Å². The number of hydrogen-bond acceptors (Lipinski definition) is 3. The van der Waals surface area contributed by atoms with E-state index in [0.717, 1.165) is 11.1 Å². The van der Waals surface area contributed by atoms with Crippen LogP contribution in [0.2, 0.25) is 0 Å². The molecule has 0 amide bonds. The van der Waals surface area contributed by atoms with Crippen LogP contribution in [0.1, 0.15) is 0 Å². The third kappa shape index (κ3) is 2.37. The summed E-state index contributed by atoms with van der Waals surface area (Å²) in [6, 6.07) is 9.35. The highest BCUT2D eigenvalue weighted by molar-refractivity contribution is 5.68. The van der Waals surface area contributed by atoms with Crippen molar-refractivity contribution in [3.8, 4) is 28.4 Å². The molecule has 0 aliphatic heterocycles. The summed E-state index contributed by atoms with van der Waals surface area (Å²) in [6.45, 7) is 0. The maximum absolute atomic E-state index is 13.3. The van der Waals surface area contributed by atoms with Gasteiger partial charge in [-0.25, -0.2) is 4.39 Å². The van der Waals surface area contributed by atoms with Crippen molar-refractivity contribution in [3.05, 3.63) is 42.2 Å². The van der Waals surface area contributed by atoms with Gasteiger partial charge in [0.1, 0.15) is 11.5 Å². The average molecular weight is 248 g/mol. The molecule has 2 aromatic carbocycles. The van der Waals surface area contributed by atoms with Gasteiger partial charge < -0.3 is 14.6 Å². The lowest BCUT2D eigenvalue weighted by molar-refractivity contribution is 0.386. The van der Waals surface area contributed by atoms with Gasteiger partial charge in [0.25, 0.3) is 0 Å². The lowest BCUT2D eigenvalue weighted by atomic mass is 10.0. The standard InChI is InChI=1S/C14H13FO3/c1-17-12-6-10(5-11(16)8-12)9-3-4-13(15)14(7-9)18-2/h3-8,16H,1-2H3. The Bertz CT molecular complexity index is 567. The smallest absolute Gasteiger partial charge is 0.165 e. The molecular weight excluding hydrogens is 235 g/mol. The topological polar surface area (TPSA) is 38.7 Å². The van der Waals surface area contributed by atoms with Crippen LogP contribution in [0.15, 0.2) is 36.4 Å². The molecule has 0 fully saturated rings. The molecule has 0 unspecified atom stereocenters. The van der Waals surface area contributed by atoms with Gasteiger partial charge in [0.15, 0.2) is 11.6 Å². The minimum Gasteiger partial charge on any atom is -0.508 e. The first-order chi connectivity index (χ1) is 8.63. The van der Waals surface area contributed by atoms with Crippen LogP contribution < -0.4 is 9.47 Å². The van der Waals surface area contributed by atoms with Gasteiger partial charge in [-0.05, 0) is 35.4 Å². The molecule has 0 bridgehead atoms. The van der Waals surface area contributed by atoms with E-state index in [9.17, 15) is 9.50 Å². The van der Waals surface area contributed by atoms with Crippen molar-refractivity contribution in [1.29, 1.82) is 0 Å². The molecule has 1 N–H and O–H groups in total. The van der Waals surface area contributed by atoms with E-state index in [1.807, 2.05) is 0 Å². The molecule has 2 aromatic rings. The monoisotopic (exact) mass is 248 g/mol. The van der Waals surface area contributed by atoms with Crippen LogP contribution in [0.4, 0.5) is 4.39 Å². The van der Waals surface area contributed by atoms with Crippen LogP contribution in [0, 0.1) is 5.82 Å². The van der Waals surface area contributed by atoms with Gasteiger partial charge in [-0.2, -0.15) is 0 Å². The highest BCUT2D eigenvalue weighted by Crippen LogP contribution is 2.31. The Morgan fingerprint density at radius 2 is 1.72 bits per heavy atom. The quantitative estimate of drug-likeness (QED) is 0.906. The third-order valence-electron chi connectivity index (χ3n) is 2.61. The van der Waals surface area contributed by atoms with Crippen molar-refractivity contribution in [3.63, 3.8) is 0 Å². The Hall–Kier alpha value is -2.23. The zero-order chi connectivity index (χ0) is 13.1. The van der Waals surface area contributed by atoms with Crippen molar-refractivity contribution < 1.29 is 19.0 Å². The Morgan fingerprint density at radius 3 is 2.39 bits per heavy atom. The van der Waals surface area contributed by atoms with Crippen molar-refractivity contribution in [2.24, 2.45) is 0 Å². The number of hydrogen-bond donors (Lipinski definition) is 1. The van der Waals surface area contributed by atoms with E-state index >= 15 is 0 Å². The third-order valence-corrected chi connectivity index (χ3v) is 2.61. The second-order valence-corrected chi connectivity index (χ2v) is 3.77. The summed E-state index contributed by atoms with van der Waals surface area (Å²) >= 11 is 0. The first kappa shape index (κ1) is 12.2. The summed E-state index contributed by atoms with van der Waals surface area (Å²) in [5, 5.41) is 9.58.